The van der Waals surface area contributed by atoms with Crippen LogP contribution in [0.1, 0.15) is 39.2 Å². The molecular weight excluding hydrogens is 246 g/mol. The Morgan fingerprint density at radius 1 is 1.28 bits per heavy atom. The van der Waals surface area contributed by atoms with Crippen molar-refractivity contribution >= 4 is 11.6 Å². The molecule has 0 spiro atoms. The molecule has 0 amide bonds. The van der Waals surface area contributed by atoms with Crippen LogP contribution in [0.25, 0.3) is 0 Å². The Hall–Kier alpha value is -0.730. The zero-order chi connectivity index (χ0) is 13.6. The average molecular weight is 270 g/mol. The summed E-state index contributed by atoms with van der Waals surface area (Å²) in [6.07, 6.45) is 2.23. The van der Waals surface area contributed by atoms with Gasteiger partial charge in [0.2, 0.25) is 0 Å². The van der Waals surface area contributed by atoms with Crippen LogP contribution < -0.4 is 10.1 Å². The number of hydrogen-bond acceptors (Lipinski definition) is 2. The van der Waals surface area contributed by atoms with Gasteiger partial charge in [0.25, 0.3) is 0 Å². The van der Waals surface area contributed by atoms with Crippen LogP contribution in [0.2, 0.25) is 5.02 Å². The van der Waals surface area contributed by atoms with Crippen molar-refractivity contribution in [3.05, 3.63) is 28.8 Å². The van der Waals surface area contributed by atoms with Crippen molar-refractivity contribution in [1.29, 1.82) is 0 Å². The van der Waals surface area contributed by atoms with E-state index in [9.17, 15) is 0 Å². The summed E-state index contributed by atoms with van der Waals surface area (Å²) in [4.78, 5) is 0. The third-order valence-electron chi connectivity index (χ3n) is 3.24. The molecule has 3 heteroatoms. The molecule has 0 atom stereocenters. The van der Waals surface area contributed by atoms with E-state index in [0.29, 0.717) is 0 Å². The maximum Gasteiger partial charge on any atom is 0.122 e. The van der Waals surface area contributed by atoms with Crippen LogP contribution in [0.4, 0.5) is 0 Å². The summed E-state index contributed by atoms with van der Waals surface area (Å²) < 4.78 is 5.44. The molecule has 1 aromatic carbocycles. The van der Waals surface area contributed by atoms with Crippen LogP contribution in [0, 0.1) is 0 Å². The van der Waals surface area contributed by atoms with Crippen molar-refractivity contribution in [2.24, 2.45) is 0 Å². The number of benzene rings is 1. The minimum Gasteiger partial charge on any atom is -0.496 e. The van der Waals surface area contributed by atoms with Gasteiger partial charge in [0.1, 0.15) is 5.75 Å². The summed E-state index contributed by atoms with van der Waals surface area (Å²) in [5.74, 6) is 0.917. The lowest BCUT2D eigenvalue weighted by molar-refractivity contribution is 0.382. The molecule has 0 saturated carbocycles. The standard InChI is InChI=1S/C15H24ClNO/c1-5-9-17-10-8-15(2,3)13-11-12(16)6-7-14(13)18-4/h6-7,11,17H,5,8-10H2,1-4H3. The van der Waals surface area contributed by atoms with Crippen molar-refractivity contribution in [3.8, 4) is 5.75 Å². The second-order valence-corrected chi connectivity index (χ2v) is 5.66. The molecule has 1 N–H and O–H groups in total. The van der Waals surface area contributed by atoms with Crippen LogP contribution in [0.15, 0.2) is 18.2 Å². The van der Waals surface area contributed by atoms with Crippen molar-refractivity contribution in [2.75, 3.05) is 20.2 Å². The van der Waals surface area contributed by atoms with Gasteiger partial charge in [-0.2, -0.15) is 0 Å². The molecule has 0 aromatic heterocycles. The highest BCUT2D eigenvalue weighted by atomic mass is 35.5. The number of methoxy groups -OCH3 is 1. The van der Waals surface area contributed by atoms with E-state index in [0.717, 1.165) is 30.3 Å². The Balaban J connectivity index is 2.79. The van der Waals surface area contributed by atoms with E-state index < -0.39 is 0 Å². The lowest BCUT2D eigenvalue weighted by Gasteiger charge is -2.27. The molecule has 0 aliphatic carbocycles. The van der Waals surface area contributed by atoms with Crippen LogP contribution in [-0.2, 0) is 5.41 Å². The van der Waals surface area contributed by atoms with Gasteiger partial charge in [-0.05, 0) is 49.5 Å². The molecule has 1 aromatic rings. The molecule has 0 fully saturated rings. The van der Waals surface area contributed by atoms with E-state index in [-0.39, 0.29) is 5.41 Å². The molecule has 102 valence electrons. The van der Waals surface area contributed by atoms with E-state index in [4.69, 9.17) is 16.3 Å². The number of hydrogen-bond donors (Lipinski definition) is 1. The molecule has 0 aliphatic heterocycles. The van der Waals surface area contributed by atoms with E-state index in [2.05, 4.69) is 26.1 Å². The van der Waals surface area contributed by atoms with Gasteiger partial charge in [0, 0.05) is 10.6 Å². The maximum atomic E-state index is 6.09. The molecule has 0 saturated heterocycles. The summed E-state index contributed by atoms with van der Waals surface area (Å²) >= 11 is 6.09. The molecule has 0 aliphatic rings. The van der Waals surface area contributed by atoms with E-state index in [1.807, 2.05) is 18.2 Å². The third-order valence-corrected chi connectivity index (χ3v) is 3.48. The summed E-state index contributed by atoms with van der Waals surface area (Å²) in [5, 5.41) is 4.20. The van der Waals surface area contributed by atoms with E-state index in [1.54, 1.807) is 7.11 Å². The number of ether oxygens (including phenoxy) is 1. The summed E-state index contributed by atoms with van der Waals surface area (Å²) in [5.41, 5.74) is 1.23. The highest BCUT2D eigenvalue weighted by Crippen LogP contribution is 2.35. The number of nitrogens with one attached hydrogen (secondary N) is 1. The fourth-order valence-electron chi connectivity index (χ4n) is 2.05. The molecule has 0 radical (unpaired) electrons. The van der Waals surface area contributed by atoms with Crippen LogP contribution in [-0.4, -0.2) is 20.2 Å². The first-order chi connectivity index (χ1) is 8.51. The largest absolute Gasteiger partial charge is 0.496 e. The first-order valence-electron chi connectivity index (χ1n) is 6.56. The normalized spacial score (nSPS) is 11.6. The maximum absolute atomic E-state index is 6.09. The van der Waals surface area contributed by atoms with Crippen LogP contribution >= 0.6 is 11.6 Å². The fraction of sp³-hybridized carbons (Fsp3) is 0.600. The molecule has 0 bridgehead atoms. The van der Waals surface area contributed by atoms with Crippen LogP contribution in [0.5, 0.6) is 5.75 Å². The highest BCUT2D eigenvalue weighted by Gasteiger charge is 2.24. The van der Waals surface area contributed by atoms with Gasteiger partial charge in [-0.3, -0.25) is 0 Å². The minimum atomic E-state index is 0.0526. The smallest absolute Gasteiger partial charge is 0.122 e. The monoisotopic (exact) mass is 269 g/mol. The van der Waals surface area contributed by atoms with E-state index in [1.165, 1.54) is 12.0 Å². The zero-order valence-corrected chi connectivity index (χ0v) is 12.6. The van der Waals surface area contributed by atoms with E-state index >= 15 is 0 Å². The zero-order valence-electron chi connectivity index (χ0n) is 11.8. The molecule has 0 heterocycles. The fourth-order valence-corrected chi connectivity index (χ4v) is 2.22. The second-order valence-electron chi connectivity index (χ2n) is 5.23. The van der Waals surface area contributed by atoms with Crippen molar-refractivity contribution in [3.63, 3.8) is 0 Å². The predicted molar refractivity (Wildman–Crippen MR) is 78.8 cm³/mol. The first-order valence-corrected chi connectivity index (χ1v) is 6.94. The second kappa shape index (κ2) is 7.01. The summed E-state index contributed by atoms with van der Waals surface area (Å²) in [6, 6.07) is 5.83. The molecule has 1 rings (SSSR count). The topological polar surface area (TPSA) is 21.3 Å². The van der Waals surface area contributed by atoms with Gasteiger partial charge in [0.05, 0.1) is 7.11 Å². The molecule has 2 nitrogen and oxygen atoms in total. The van der Waals surface area contributed by atoms with Gasteiger partial charge >= 0.3 is 0 Å². The Morgan fingerprint density at radius 2 is 2.00 bits per heavy atom. The SMILES string of the molecule is CCCNCCC(C)(C)c1cc(Cl)ccc1OC. The molecular formula is C15H24ClNO. The molecule has 18 heavy (non-hydrogen) atoms. The Morgan fingerprint density at radius 3 is 2.61 bits per heavy atom. The Kier molecular flexibility index (Phi) is 5.97. The highest BCUT2D eigenvalue weighted by molar-refractivity contribution is 6.30. The van der Waals surface area contributed by atoms with Crippen molar-refractivity contribution < 1.29 is 4.74 Å². The van der Waals surface area contributed by atoms with Gasteiger partial charge < -0.3 is 10.1 Å². The van der Waals surface area contributed by atoms with Crippen LogP contribution in [0.3, 0.4) is 0 Å². The molecule has 0 unspecified atom stereocenters. The number of halogens is 1. The third kappa shape index (κ3) is 4.18. The van der Waals surface area contributed by atoms with Gasteiger partial charge in [0.15, 0.2) is 0 Å². The Labute approximate surface area is 116 Å². The Bertz CT molecular complexity index is 377. The van der Waals surface area contributed by atoms with Gasteiger partial charge in [-0.25, -0.2) is 0 Å². The predicted octanol–water partition coefficient (Wildman–Crippen LogP) is 4.02. The quantitative estimate of drug-likeness (QED) is 0.755. The minimum absolute atomic E-state index is 0.0526. The van der Waals surface area contributed by atoms with Crippen molar-refractivity contribution in [1.82, 2.24) is 5.32 Å². The number of rotatable bonds is 7. The van der Waals surface area contributed by atoms with Gasteiger partial charge in [-0.1, -0.05) is 32.4 Å². The van der Waals surface area contributed by atoms with Gasteiger partial charge in [-0.15, -0.1) is 0 Å². The summed E-state index contributed by atoms with van der Waals surface area (Å²) in [7, 11) is 1.71. The first kappa shape index (κ1) is 15.3. The van der Waals surface area contributed by atoms with Crippen molar-refractivity contribution in [2.45, 2.75) is 39.0 Å². The average Bonchev–Trinajstić information content (AvgIpc) is 2.35. The lowest BCUT2D eigenvalue weighted by Crippen LogP contribution is -2.26. The summed E-state index contributed by atoms with van der Waals surface area (Å²) in [6.45, 7) is 8.72. The lowest BCUT2D eigenvalue weighted by atomic mass is 9.81.